The Morgan fingerprint density at radius 2 is 2.19 bits per heavy atom. The molecule has 0 bridgehead atoms. The Kier molecular flexibility index (Phi) is 5.38. The molecule has 2 N–H and O–H groups in total. The van der Waals surface area contributed by atoms with Crippen molar-refractivity contribution in [2.45, 2.75) is 19.4 Å². The second kappa shape index (κ2) is 6.33. The maximum atomic E-state index is 13.4. The van der Waals surface area contributed by atoms with Gasteiger partial charge in [-0.15, -0.1) is 0 Å². The maximum Gasteiger partial charge on any atom is 0.126 e. The van der Waals surface area contributed by atoms with Crippen molar-refractivity contribution in [1.29, 1.82) is 0 Å². The van der Waals surface area contributed by atoms with Gasteiger partial charge < -0.3 is 10.6 Å². The summed E-state index contributed by atoms with van der Waals surface area (Å²) in [7, 11) is 2.00. The van der Waals surface area contributed by atoms with E-state index in [4.69, 9.17) is 5.73 Å². The van der Waals surface area contributed by atoms with Crippen LogP contribution in [0, 0.1) is 5.82 Å². The van der Waals surface area contributed by atoms with E-state index >= 15 is 0 Å². The van der Waals surface area contributed by atoms with Gasteiger partial charge in [0.25, 0.3) is 0 Å². The highest BCUT2D eigenvalue weighted by atomic mass is 79.9. The number of nitrogens with two attached hydrogens (primary N) is 1. The summed E-state index contributed by atoms with van der Waals surface area (Å²) < 4.78 is 14.3. The normalized spacial score (nSPS) is 13.1. The van der Waals surface area contributed by atoms with Crippen LogP contribution in [0.15, 0.2) is 22.7 Å². The van der Waals surface area contributed by atoms with E-state index in [9.17, 15) is 4.39 Å². The molecule has 1 aromatic carbocycles. The van der Waals surface area contributed by atoms with E-state index in [1.54, 1.807) is 6.07 Å². The summed E-state index contributed by atoms with van der Waals surface area (Å²) >= 11 is 3.34. The Bertz CT molecular complexity index is 342. The average molecular weight is 289 g/mol. The molecule has 1 atom stereocenters. The molecule has 0 spiro atoms. The van der Waals surface area contributed by atoms with E-state index in [0.717, 1.165) is 23.1 Å². The van der Waals surface area contributed by atoms with Gasteiger partial charge in [0, 0.05) is 23.6 Å². The molecule has 0 aliphatic heterocycles. The SMILES string of the molecule is CC(N)CN(C)CCc1cc(Br)ccc1F. The molecule has 0 saturated carbocycles. The molecule has 0 radical (unpaired) electrons. The molecule has 0 aromatic heterocycles. The smallest absolute Gasteiger partial charge is 0.126 e. The van der Waals surface area contributed by atoms with Crippen LogP contribution in [-0.2, 0) is 6.42 Å². The molecular formula is C12H18BrFN2. The molecule has 4 heteroatoms. The summed E-state index contributed by atoms with van der Waals surface area (Å²) in [6.45, 7) is 3.61. The van der Waals surface area contributed by atoms with E-state index in [2.05, 4.69) is 20.8 Å². The number of benzene rings is 1. The highest BCUT2D eigenvalue weighted by Crippen LogP contribution is 2.16. The Morgan fingerprint density at radius 3 is 2.81 bits per heavy atom. The van der Waals surface area contributed by atoms with Gasteiger partial charge in [0.05, 0.1) is 0 Å². The zero-order valence-electron chi connectivity index (χ0n) is 9.71. The number of hydrogen-bond donors (Lipinski definition) is 1. The first-order valence-electron chi connectivity index (χ1n) is 5.37. The number of halogens is 2. The lowest BCUT2D eigenvalue weighted by atomic mass is 10.1. The number of nitrogens with zero attached hydrogens (tertiary/aromatic N) is 1. The Morgan fingerprint density at radius 1 is 1.50 bits per heavy atom. The van der Waals surface area contributed by atoms with Crippen LogP contribution in [0.25, 0.3) is 0 Å². The molecule has 0 fully saturated rings. The van der Waals surface area contributed by atoms with Crippen molar-refractivity contribution in [3.05, 3.63) is 34.1 Å². The molecule has 0 heterocycles. The lowest BCUT2D eigenvalue weighted by molar-refractivity contribution is 0.319. The molecule has 0 aliphatic carbocycles. The molecule has 16 heavy (non-hydrogen) atoms. The van der Waals surface area contributed by atoms with Crippen molar-refractivity contribution in [2.24, 2.45) is 5.73 Å². The second-order valence-electron chi connectivity index (χ2n) is 4.23. The fraction of sp³-hybridized carbons (Fsp3) is 0.500. The fourth-order valence-electron chi connectivity index (χ4n) is 1.63. The predicted molar refractivity (Wildman–Crippen MR) is 69.0 cm³/mol. The highest BCUT2D eigenvalue weighted by molar-refractivity contribution is 9.10. The third-order valence-electron chi connectivity index (χ3n) is 2.37. The van der Waals surface area contributed by atoms with Gasteiger partial charge in [0.15, 0.2) is 0 Å². The van der Waals surface area contributed by atoms with Crippen LogP contribution in [0.4, 0.5) is 4.39 Å². The van der Waals surface area contributed by atoms with E-state index in [0.29, 0.717) is 6.42 Å². The quantitative estimate of drug-likeness (QED) is 0.902. The molecule has 2 nitrogen and oxygen atoms in total. The molecule has 0 amide bonds. The van der Waals surface area contributed by atoms with Crippen LogP contribution in [0.1, 0.15) is 12.5 Å². The molecule has 0 saturated heterocycles. The van der Waals surface area contributed by atoms with Gasteiger partial charge >= 0.3 is 0 Å². The molecule has 1 unspecified atom stereocenters. The Balaban J connectivity index is 2.51. The number of likely N-dealkylation sites (N-methyl/N-ethyl adjacent to an activating group) is 1. The van der Waals surface area contributed by atoms with Gasteiger partial charge in [-0.25, -0.2) is 4.39 Å². The van der Waals surface area contributed by atoms with E-state index in [1.165, 1.54) is 6.07 Å². The first kappa shape index (κ1) is 13.6. The monoisotopic (exact) mass is 288 g/mol. The van der Waals surface area contributed by atoms with Crippen molar-refractivity contribution in [1.82, 2.24) is 4.90 Å². The zero-order valence-corrected chi connectivity index (χ0v) is 11.3. The molecule has 90 valence electrons. The highest BCUT2D eigenvalue weighted by Gasteiger charge is 2.06. The molecule has 0 aliphatic rings. The summed E-state index contributed by atoms with van der Waals surface area (Å²) in [4.78, 5) is 2.12. The van der Waals surface area contributed by atoms with Crippen LogP contribution in [-0.4, -0.2) is 31.1 Å². The first-order chi connectivity index (χ1) is 7.49. The largest absolute Gasteiger partial charge is 0.327 e. The van der Waals surface area contributed by atoms with Crippen LogP contribution in [0.2, 0.25) is 0 Å². The molecular weight excluding hydrogens is 271 g/mol. The van der Waals surface area contributed by atoms with Crippen LogP contribution >= 0.6 is 15.9 Å². The van der Waals surface area contributed by atoms with Gasteiger partial charge in [0.2, 0.25) is 0 Å². The van der Waals surface area contributed by atoms with Crippen LogP contribution in [0.5, 0.6) is 0 Å². The minimum Gasteiger partial charge on any atom is -0.327 e. The summed E-state index contributed by atoms with van der Waals surface area (Å²) in [6.07, 6.45) is 0.703. The fourth-order valence-corrected chi connectivity index (χ4v) is 2.04. The van der Waals surface area contributed by atoms with Gasteiger partial charge in [-0.3, -0.25) is 0 Å². The standard InChI is InChI=1S/C12H18BrFN2/c1-9(15)8-16(2)6-5-10-7-11(13)3-4-12(10)14/h3-4,7,9H,5-6,8,15H2,1-2H3. The van der Waals surface area contributed by atoms with Crippen LogP contribution in [0.3, 0.4) is 0 Å². The van der Waals surface area contributed by atoms with Crippen molar-refractivity contribution < 1.29 is 4.39 Å². The van der Waals surface area contributed by atoms with Crippen molar-refractivity contribution in [3.63, 3.8) is 0 Å². The van der Waals surface area contributed by atoms with Crippen LogP contribution < -0.4 is 5.73 Å². The van der Waals surface area contributed by atoms with E-state index < -0.39 is 0 Å². The van der Waals surface area contributed by atoms with E-state index in [1.807, 2.05) is 20.0 Å². The summed E-state index contributed by atoms with van der Waals surface area (Å²) in [5.41, 5.74) is 6.43. The molecule has 1 rings (SSSR count). The summed E-state index contributed by atoms with van der Waals surface area (Å²) in [5.74, 6) is -0.141. The number of rotatable bonds is 5. The van der Waals surface area contributed by atoms with Gasteiger partial charge in [-0.2, -0.15) is 0 Å². The number of hydrogen-bond acceptors (Lipinski definition) is 2. The third-order valence-corrected chi connectivity index (χ3v) is 2.86. The lowest BCUT2D eigenvalue weighted by Gasteiger charge is -2.18. The van der Waals surface area contributed by atoms with Crippen molar-refractivity contribution >= 4 is 15.9 Å². The Hall–Kier alpha value is -0.450. The summed E-state index contributed by atoms with van der Waals surface area (Å²) in [5, 5.41) is 0. The minimum atomic E-state index is -0.141. The minimum absolute atomic E-state index is 0.141. The third kappa shape index (κ3) is 4.60. The maximum absolute atomic E-state index is 13.4. The van der Waals surface area contributed by atoms with Gasteiger partial charge in [0.1, 0.15) is 5.82 Å². The van der Waals surface area contributed by atoms with Crippen molar-refractivity contribution in [3.8, 4) is 0 Å². The lowest BCUT2D eigenvalue weighted by Crippen LogP contribution is -2.34. The Labute approximate surface area is 105 Å². The molecule has 1 aromatic rings. The summed E-state index contributed by atoms with van der Waals surface area (Å²) in [6, 6.07) is 5.18. The predicted octanol–water partition coefficient (Wildman–Crippen LogP) is 2.41. The van der Waals surface area contributed by atoms with Gasteiger partial charge in [-0.1, -0.05) is 15.9 Å². The topological polar surface area (TPSA) is 29.3 Å². The first-order valence-corrected chi connectivity index (χ1v) is 6.16. The van der Waals surface area contributed by atoms with Gasteiger partial charge in [-0.05, 0) is 44.2 Å². The zero-order chi connectivity index (χ0) is 12.1. The second-order valence-corrected chi connectivity index (χ2v) is 5.14. The van der Waals surface area contributed by atoms with Crippen molar-refractivity contribution in [2.75, 3.05) is 20.1 Å². The van der Waals surface area contributed by atoms with E-state index in [-0.39, 0.29) is 11.9 Å². The average Bonchev–Trinajstić information content (AvgIpc) is 2.18.